The van der Waals surface area contributed by atoms with Crippen molar-refractivity contribution in [2.75, 3.05) is 0 Å². The molecule has 1 aromatic rings. The first-order valence-corrected chi connectivity index (χ1v) is 5.94. The fourth-order valence-electron chi connectivity index (χ4n) is 1.70. The standard InChI is InChI=1S/C13H17ClN2/c1-3-11(8-9-15)16-10(2)12-6-4-5-7-13(12)14/h4-7,10-11,16H,3,8H2,1-2H3/t10-,11?/m0/s1. The predicted molar refractivity (Wildman–Crippen MR) is 67.3 cm³/mol. The number of nitrogens with zero attached hydrogens (tertiary/aromatic N) is 1. The molecule has 0 radical (unpaired) electrons. The quantitative estimate of drug-likeness (QED) is 0.847. The lowest BCUT2D eigenvalue weighted by molar-refractivity contribution is 0.448. The zero-order valence-electron chi connectivity index (χ0n) is 9.70. The van der Waals surface area contributed by atoms with Crippen molar-refractivity contribution in [3.05, 3.63) is 34.9 Å². The third kappa shape index (κ3) is 3.52. The van der Waals surface area contributed by atoms with Gasteiger partial charge in [0.2, 0.25) is 0 Å². The van der Waals surface area contributed by atoms with Gasteiger partial charge in [0.1, 0.15) is 0 Å². The fourth-order valence-corrected chi connectivity index (χ4v) is 2.00. The molecule has 1 rings (SSSR count). The van der Waals surface area contributed by atoms with Gasteiger partial charge in [-0.2, -0.15) is 5.26 Å². The number of nitrogens with one attached hydrogen (secondary N) is 1. The van der Waals surface area contributed by atoms with Crippen LogP contribution in [-0.2, 0) is 0 Å². The van der Waals surface area contributed by atoms with Crippen molar-refractivity contribution in [3.8, 4) is 6.07 Å². The van der Waals surface area contributed by atoms with Crippen molar-refractivity contribution < 1.29 is 0 Å². The molecule has 0 amide bonds. The predicted octanol–water partition coefficient (Wildman–Crippen LogP) is 3.68. The minimum absolute atomic E-state index is 0.173. The highest BCUT2D eigenvalue weighted by atomic mass is 35.5. The van der Waals surface area contributed by atoms with E-state index < -0.39 is 0 Å². The van der Waals surface area contributed by atoms with Crippen LogP contribution in [0.25, 0.3) is 0 Å². The highest BCUT2D eigenvalue weighted by molar-refractivity contribution is 6.31. The van der Waals surface area contributed by atoms with Crippen LogP contribution in [0.15, 0.2) is 24.3 Å². The molecule has 0 aromatic heterocycles. The van der Waals surface area contributed by atoms with Gasteiger partial charge in [0.15, 0.2) is 0 Å². The molecule has 86 valence electrons. The first-order valence-electron chi connectivity index (χ1n) is 5.56. The van der Waals surface area contributed by atoms with Gasteiger partial charge in [0.25, 0.3) is 0 Å². The van der Waals surface area contributed by atoms with Crippen molar-refractivity contribution in [1.82, 2.24) is 5.32 Å². The Morgan fingerprint density at radius 1 is 1.44 bits per heavy atom. The van der Waals surface area contributed by atoms with Crippen LogP contribution >= 0.6 is 11.6 Å². The molecule has 1 unspecified atom stereocenters. The van der Waals surface area contributed by atoms with E-state index in [4.69, 9.17) is 16.9 Å². The molecule has 1 aromatic carbocycles. The Kier molecular flexibility index (Phi) is 5.31. The monoisotopic (exact) mass is 236 g/mol. The molecule has 0 bridgehead atoms. The summed E-state index contributed by atoms with van der Waals surface area (Å²) in [6.07, 6.45) is 1.48. The van der Waals surface area contributed by atoms with Gasteiger partial charge in [0.05, 0.1) is 12.5 Å². The summed E-state index contributed by atoms with van der Waals surface area (Å²) in [6, 6.07) is 10.4. The molecule has 2 atom stereocenters. The number of hydrogen-bond acceptors (Lipinski definition) is 2. The Morgan fingerprint density at radius 2 is 2.12 bits per heavy atom. The van der Waals surface area contributed by atoms with E-state index in [0.717, 1.165) is 17.0 Å². The van der Waals surface area contributed by atoms with Crippen LogP contribution in [0.3, 0.4) is 0 Å². The minimum atomic E-state index is 0.173. The van der Waals surface area contributed by atoms with E-state index in [1.807, 2.05) is 24.3 Å². The fraction of sp³-hybridized carbons (Fsp3) is 0.462. The van der Waals surface area contributed by atoms with Crippen molar-refractivity contribution in [2.24, 2.45) is 0 Å². The normalized spacial score (nSPS) is 14.1. The molecule has 0 aliphatic rings. The largest absolute Gasteiger partial charge is 0.306 e. The third-order valence-corrected chi connectivity index (χ3v) is 3.03. The van der Waals surface area contributed by atoms with E-state index >= 15 is 0 Å². The van der Waals surface area contributed by atoms with Gasteiger partial charge in [0, 0.05) is 17.1 Å². The van der Waals surface area contributed by atoms with E-state index in [1.165, 1.54) is 0 Å². The van der Waals surface area contributed by atoms with Crippen molar-refractivity contribution in [1.29, 1.82) is 5.26 Å². The summed E-state index contributed by atoms with van der Waals surface area (Å²) in [7, 11) is 0. The summed E-state index contributed by atoms with van der Waals surface area (Å²) in [5, 5.41) is 12.9. The Hall–Kier alpha value is -1.04. The second kappa shape index (κ2) is 6.52. The van der Waals surface area contributed by atoms with E-state index in [2.05, 4.69) is 25.2 Å². The van der Waals surface area contributed by atoms with E-state index in [-0.39, 0.29) is 12.1 Å². The second-order valence-corrected chi connectivity index (χ2v) is 4.28. The van der Waals surface area contributed by atoms with Crippen LogP contribution in [0.4, 0.5) is 0 Å². The Balaban J connectivity index is 2.68. The lowest BCUT2D eigenvalue weighted by Gasteiger charge is -2.21. The van der Waals surface area contributed by atoms with Gasteiger partial charge >= 0.3 is 0 Å². The van der Waals surface area contributed by atoms with Crippen molar-refractivity contribution >= 4 is 11.6 Å². The molecule has 1 N–H and O–H groups in total. The van der Waals surface area contributed by atoms with Crippen molar-refractivity contribution in [2.45, 2.75) is 38.8 Å². The number of halogens is 1. The Labute approximate surface area is 102 Å². The van der Waals surface area contributed by atoms with Gasteiger partial charge in [-0.3, -0.25) is 0 Å². The second-order valence-electron chi connectivity index (χ2n) is 3.88. The number of hydrogen-bond donors (Lipinski definition) is 1. The highest BCUT2D eigenvalue weighted by Crippen LogP contribution is 2.22. The zero-order chi connectivity index (χ0) is 12.0. The van der Waals surface area contributed by atoms with Gasteiger partial charge < -0.3 is 5.32 Å². The van der Waals surface area contributed by atoms with Gasteiger partial charge in [-0.25, -0.2) is 0 Å². The van der Waals surface area contributed by atoms with Gasteiger partial charge in [-0.15, -0.1) is 0 Å². The summed E-state index contributed by atoms with van der Waals surface area (Å²) in [5.74, 6) is 0. The molecule has 3 heteroatoms. The van der Waals surface area contributed by atoms with Gasteiger partial charge in [-0.1, -0.05) is 36.7 Å². The average Bonchev–Trinajstić information content (AvgIpc) is 2.28. The molecule has 0 saturated carbocycles. The maximum Gasteiger partial charge on any atom is 0.0638 e. The SMILES string of the molecule is CCC(CC#N)N[C@@H](C)c1ccccc1Cl. The number of nitriles is 1. The van der Waals surface area contributed by atoms with E-state index in [0.29, 0.717) is 6.42 Å². The molecule has 0 saturated heterocycles. The van der Waals surface area contributed by atoms with Crippen LogP contribution < -0.4 is 5.32 Å². The number of benzene rings is 1. The molecular formula is C13H17ClN2. The summed E-state index contributed by atoms with van der Waals surface area (Å²) in [6.45, 7) is 4.15. The van der Waals surface area contributed by atoms with Crippen LogP contribution in [0.5, 0.6) is 0 Å². The first-order chi connectivity index (χ1) is 7.69. The summed E-state index contributed by atoms with van der Waals surface area (Å²) < 4.78 is 0. The maximum atomic E-state index is 8.69. The summed E-state index contributed by atoms with van der Waals surface area (Å²) in [4.78, 5) is 0. The molecule has 0 heterocycles. The van der Waals surface area contributed by atoms with Crippen LogP contribution in [-0.4, -0.2) is 6.04 Å². The zero-order valence-corrected chi connectivity index (χ0v) is 10.5. The third-order valence-electron chi connectivity index (χ3n) is 2.69. The maximum absolute atomic E-state index is 8.69. The van der Waals surface area contributed by atoms with Crippen LogP contribution in [0.2, 0.25) is 5.02 Å². The van der Waals surface area contributed by atoms with E-state index in [1.54, 1.807) is 0 Å². The molecular weight excluding hydrogens is 220 g/mol. The molecule has 0 spiro atoms. The summed E-state index contributed by atoms with van der Waals surface area (Å²) in [5.41, 5.74) is 1.08. The molecule has 0 fully saturated rings. The van der Waals surface area contributed by atoms with Gasteiger partial charge in [-0.05, 0) is 25.0 Å². The average molecular weight is 237 g/mol. The lowest BCUT2D eigenvalue weighted by Crippen LogP contribution is -2.30. The summed E-state index contributed by atoms with van der Waals surface area (Å²) >= 11 is 6.12. The molecule has 0 aliphatic heterocycles. The first kappa shape index (κ1) is 13.0. The topological polar surface area (TPSA) is 35.8 Å². The molecule has 0 aliphatic carbocycles. The molecule has 2 nitrogen and oxygen atoms in total. The minimum Gasteiger partial charge on any atom is -0.306 e. The lowest BCUT2D eigenvalue weighted by atomic mass is 10.1. The molecule has 16 heavy (non-hydrogen) atoms. The smallest absolute Gasteiger partial charge is 0.0638 e. The van der Waals surface area contributed by atoms with Crippen molar-refractivity contribution in [3.63, 3.8) is 0 Å². The van der Waals surface area contributed by atoms with Crippen LogP contribution in [0, 0.1) is 11.3 Å². The van der Waals surface area contributed by atoms with E-state index in [9.17, 15) is 0 Å². The highest BCUT2D eigenvalue weighted by Gasteiger charge is 2.13. The van der Waals surface area contributed by atoms with Crippen LogP contribution in [0.1, 0.15) is 38.3 Å². The number of rotatable bonds is 5. The Bertz CT molecular complexity index is 370. The Morgan fingerprint density at radius 3 is 2.69 bits per heavy atom.